The lowest BCUT2D eigenvalue weighted by molar-refractivity contribution is -0.129. The number of hydrogen-bond acceptors (Lipinski definition) is 5. The number of amides is 1. The van der Waals surface area contributed by atoms with Gasteiger partial charge in [0.15, 0.2) is 0 Å². The van der Waals surface area contributed by atoms with E-state index in [2.05, 4.69) is 10.5 Å². The van der Waals surface area contributed by atoms with Gasteiger partial charge in [-0.25, -0.2) is 0 Å². The summed E-state index contributed by atoms with van der Waals surface area (Å²) in [5.41, 5.74) is -0.151. The highest BCUT2D eigenvalue weighted by Gasteiger charge is 2.33. The summed E-state index contributed by atoms with van der Waals surface area (Å²) in [5, 5.41) is 15.5. The van der Waals surface area contributed by atoms with E-state index in [-0.39, 0.29) is 18.2 Å². The number of thioether (sulfide) groups is 1. The molecule has 1 rings (SSSR count). The first kappa shape index (κ1) is 19.8. The molecule has 0 spiro atoms. The molecule has 0 saturated heterocycles. The number of anilines is 1. The van der Waals surface area contributed by atoms with E-state index in [1.807, 2.05) is 0 Å². The van der Waals surface area contributed by atoms with Gasteiger partial charge < -0.3 is 9.63 Å². The van der Waals surface area contributed by atoms with Crippen molar-refractivity contribution in [1.82, 2.24) is 5.16 Å². The van der Waals surface area contributed by atoms with Gasteiger partial charge in [-0.05, 0) is 13.8 Å². The lowest BCUT2D eigenvalue weighted by Gasteiger charge is -2.22. The van der Waals surface area contributed by atoms with Gasteiger partial charge in [0.2, 0.25) is 11.8 Å². The van der Waals surface area contributed by atoms with E-state index >= 15 is 0 Å². The molecule has 1 aromatic heterocycles. The van der Waals surface area contributed by atoms with E-state index in [1.165, 1.54) is 19.9 Å². The van der Waals surface area contributed by atoms with E-state index in [0.717, 1.165) is 11.8 Å². The molecule has 2 N–H and O–H groups in total. The van der Waals surface area contributed by atoms with E-state index in [0.29, 0.717) is 5.69 Å². The first-order chi connectivity index (χ1) is 10.4. The van der Waals surface area contributed by atoms with E-state index < -0.39 is 28.7 Å². The van der Waals surface area contributed by atoms with Gasteiger partial charge in [0.05, 0.1) is 23.5 Å². The zero-order valence-electron chi connectivity index (χ0n) is 13.5. The average Bonchev–Trinajstić information content (AvgIpc) is 2.86. The molecule has 0 aromatic carbocycles. The van der Waals surface area contributed by atoms with Crippen LogP contribution in [-0.2, 0) is 10.2 Å². The van der Waals surface area contributed by atoms with Gasteiger partial charge >= 0.3 is 6.18 Å². The second kappa shape index (κ2) is 7.12. The van der Waals surface area contributed by atoms with Crippen molar-refractivity contribution < 1.29 is 27.6 Å². The van der Waals surface area contributed by atoms with E-state index in [4.69, 9.17) is 4.52 Å². The fourth-order valence-electron chi connectivity index (χ4n) is 1.48. The van der Waals surface area contributed by atoms with Crippen LogP contribution in [0.3, 0.4) is 0 Å². The van der Waals surface area contributed by atoms with Gasteiger partial charge in [-0.3, -0.25) is 10.1 Å². The third kappa shape index (κ3) is 6.06. The Labute approximate surface area is 137 Å². The lowest BCUT2D eigenvalue weighted by Crippen LogP contribution is -2.34. The fourth-order valence-corrected chi connectivity index (χ4v) is 2.51. The zero-order valence-corrected chi connectivity index (χ0v) is 14.3. The highest BCUT2D eigenvalue weighted by atomic mass is 32.2. The normalized spacial score (nSPS) is 13.2. The summed E-state index contributed by atoms with van der Waals surface area (Å²) in [6.07, 6.45) is -5.19. The molecule has 0 aliphatic rings. The minimum absolute atomic E-state index is 0.0935. The van der Waals surface area contributed by atoms with Crippen LogP contribution in [0.5, 0.6) is 0 Å². The molecule has 1 amide bonds. The lowest BCUT2D eigenvalue weighted by atomic mass is 9.91. The molecule has 0 aliphatic heterocycles. The molecule has 0 radical (unpaired) electrons. The van der Waals surface area contributed by atoms with Crippen molar-refractivity contribution in [2.24, 2.45) is 0 Å². The van der Waals surface area contributed by atoms with Crippen LogP contribution >= 0.6 is 11.8 Å². The predicted octanol–water partition coefficient (Wildman–Crippen LogP) is 3.35. The highest BCUT2D eigenvalue weighted by molar-refractivity contribution is 8.01. The van der Waals surface area contributed by atoms with Gasteiger partial charge in [-0.2, -0.15) is 13.2 Å². The molecule has 132 valence electrons. The first-order valence-corrected chi connectivity index (χ1v) is 7.96. The third-order valence-corrected chi connectivity index (χ3v) is 4.55. The van der Waals surface area contributed by atoms with Crippen molar-refractivity contribution in [3.63, 3.8) is 0 Å². The highest BCUT2D eigenvalue weighted by Crippen LogP contribution is 2.31. The number of nitrogens with one attached hydrogen (secondary N) is 1. The number of aromatic nitrogens is 1. The minimum atomic E-state index is -4.24. The van der Waals surface area contributed by atoms with Crippen molar-refractivity contribution in [2.75, 3.05) is 17.7 Å². The summed E-state index contributed by atoms with van der Waals surface area (Å²) in [5.74, 6) is -0.589. The summed E-state index contributed by atoms with van der Waals surface area (Å²) in [6.45, 7) is 6.45. The number of hydrogen-bond donors (Lipinski definition) is 2. The minimum Gasteiger partial charge on any atom is -0.395 e. The molecule has 0 saturated carbocycles. The third-order valence-electron chi connectivity index (χ3n) is 3.23. The van der Waals surface area contributed by atoms with Crippen LogP contribution in [0.25, 0.3) is 0 Å². The summed E-state index contributed by atoms with van der Waals surface area (Å²) in [7, 11) is 0. The largest absolute Gasteiger partial charge is 0.395 e. The molecule has 0 atom stereocenters. The Balaban J connectivity index is 2.64. The topological polar surface area (TPSA) is 75.4 Å². The van der Waals surface area contributed by atoms with Crippen LogP contribution < -0.4 is 5.32 Å². The molecule has 9 heteroatoms. The Morgan fingerprint density at radius 3 is 2.48 bits per heavy atom. The summed E-state index contributed by atoms with van der Waals surface area (Å²) in [4.78, 5) is 12.2. The maximum Gasteiger partial charge on any atom is 0.389 e. The summed E-state index contributed by atoms with van der Waals surface area (Å²) in [6, 6.07) is 1.49. The maximum absolute atomic E-state index is 12.2. The number of aliphatic hydroxyl groups excluding tert-OH is 1. The number of halogens is 3. The standard InChI is InChI=1S/C14H21F3N2O3S/c1-12(2,8-20)9-7-10(22-19-9)18-11(21)13(3,4)23-6-5-14(15,16)17/h7,20H,5-6,8H2,1-4H3,(H,18,21). The van der Waals surface area contributed by atoms with E-state index in [9.17, 15) is 23.1 Å². The number of aliphatic hydroxyl groups is 1. The smallest absolute Gasteiger partial charge is 0.389 e. The second-order valence-electron chi connectivity index (χ2n) is 6.30. The number of rotatable bonds is 7. The SMILES string of the molecule is CC(C)(SCCC(F)(F)F)C(=O)Nc1cc(C(C)(C)CO)no1. The Morgan fingerprint density at radius 2 is 1.96 bits per heavy atom. The van der Waals surface area contributed by atoms with Crippen LogP contribution in [0.15, 0.2) is 10.6 Å². The monoisotopic (exact) mass is 354 g/mol. The second-order valence-corrected chi connectivity index (χ2v) is 8.01. The van der Waals surface area contributed by atoms with Crippen molar-refractivity contribution in [3.8, 4) is 0 Å². The van der Waals surface area contributed by atoms with Crippen molar-refractivity contribution in [3.05, 3.63) is 11.8 Å². The van der Waals surface area contributed by atoms with Gasteiger partial charge in [0.25, 0.3) is 0 Å². The Morgan fingerprint density at radius 1 is 1.35 bits per heavy atom. The molecule has 1 aromatic rings. The Bertz CT molecular complexity index is 542. The van der Waals surface area contributed by atoms with Crippen molar-refractivity contribution in [2.45, 2.75) is 50.5 Å². The van der Waals surface area contributed by atoms with Crippen LogP contribution in [0.2, 0.25) is 0 Å². The van der Waals surface area contributed by atoms with Crippen LogP contribution in [-0.4, -0.2) is 39.5 Å². The molecule has 5 nitrogen and oxygen atoms in total. The fraction of sp³-hybridized carbons (Fsp3) is 0.714. The zero-order chi connectivity index (χ0) is 17.9. The van der Waals surface area contributed by atoms with Crippen LogP contribution in [0.1, 0.15) is 39.8 Å². The van der Waals surface area contributed by atoms with E-state index in [1.54, 1.807) is 13.8 Å². The van der Waals surface area contributed by atoms with Crippen LogP contribution in [0.4, 0.5) is 19.1 Å². The molecular weight excluding hydrogens is 333 g/mol. The first-order valence-electron chi connectivity index (χ1n) is 6.97. The summed E-state index contributed by atoms with van der Waals surface area (Å²) < 4.78 is 40.5. The van der Waals surface area contributed by atoms with Crippen molar-refractivity contribution in [1.29, 1.82) is 0 Å². The van der Waals surface area contributed by atoms with Gasteiger partial charge in [-0.1, -0.05) is 19.0 Å². The Kier molecular flexibility index (Phi) is 6.14. The Hall–Kier alpha value is -1.22. The molecule has 0 fully saturated rings. The average molecular weight is 354 g/mol. The quantitative estimate of drug-likeness (QED) is 0.785. The van der Waals surface area contributed by atoms with Gasteiger partial charge in [-0.15, -0.1) is 11.8 Å². The number of carbonyl (C=O) groups is 1. The summed E-state index contributed by atoms with van der Waals surface area (Å²) >= 11 is 0.916. The van der Waals surface area contributed by atoms with Gasteiger partial charge in [0, 0.05) is 17.2 Å². The molecule has 1 heterocycles. The molecule has 0 unspecified atom stereocenters. The molecule has 0 bridgehead atoms. The number of nitrogens with zero attached hydrogens (tertiary/aromatic N) is 1. The van der Waals surface area contributed by atoms with Crippen molar-refractivity contribution >= 4 is 23.6 Å². The van der Waals surface area contributed by atoms with Gasteiger partial charge in [0.1, 0.15) is 0 Å². The number of carbonyl (C=O) groups excluding carboxylic acids is 1. The molecule has 23 heavy (non-hydrogen) atoms. The predicted molar refractivity (Wildman–Crippen MR) is 82.5 cm³/mol. The molecular formula is C14H21F3N2O3S. The van der Waals surface area contributed by atoms with Crippen LogP contribution in [0, 0.1) is 0 Å². The number of alkyl halides is 3. The molecule has 0 aliphatic carbocycles. The maximum atomic E-state index is 12.2.